The van der Waals surface area contributed by atoms with Gasteiger partial charge in [0.15, 0.2) is 9.84 Å². The highest BCUT2D eigenvalue weighted by Gasteiger charge is 2.21. The second-order valence-electron chi connectivity index (χ2n) is 5.12. The van der Waals surface area contributed by atoms with Crippen LogP contribution in [0, 0.1) is 5.92 Å². The summed E-state index contributed by atoms with van der Waals surface area (Å²) in [6, 6.07) is 8.59. The van der Waals surface area contributed by atoms with Gasteiger partial charge in [0, 0.05) is 19.7 Å². The van der Waals surface area contributed by atoms with Crippen LogP contribution < -0.4 is 0 Å². The summed E-state index contributed by atoms with van der Waals surface area (Å²) >= 11 is 0. The number of hydrogen-bond acceptors (Lipinski definition) is 4. The fourth-order valence-corrected chi connectivity index (χ4v) is 3.80. The molecule has 1 atom stereocenters. The number of hydrogen-bond donors (Lipinski definition) is 1. The van der Waals surface area contributed by atoms with Crippen molar-refractivity contribution < 1.29 is 13.5 Å². The molecule has 1 N–H and O–H groups in total. The molecule has 0 amide bonds. The SMILES string of the molecule is O=S(=O)(CCN1CCCC(CO)C1)c1ccccc1. The van der Waals surface area contributed by atoms with E-state index in [-0.39, 0.29) is 12.4 Å². The lowest BCUT2D eigenvalue weighted by Crippen LogP contribution is -2.39. The topological polar surface area (TPSA) is 57.6 Å². The van der Waals surface area contributed by atoms with E-state index < -0.39 is 9.84 Å². The Bertz CT molecular complexity index is 487. The van der Waals surface area contributed by atoms with Crippen LogP contribution in [0.4, 0.5) is 0 Å². The van der Waals surface area contributed by atoms with Gasteiger partial charge in [0.05, 0.1) is 10.6 Å². The van der Waals surface area contributed by atoms with Gasteiger partial charge in [0.1, 0.15) is 0 Å². The molecule has 0 aromatic heterocycles. The highest BCUT2D eigenvalue weighted by atomic mass is 32.2. The van der Waals surface area contributed by atoms with Crippen LogP contribution in [0.25, 0.3) is 0 Å². The van der Waals surface area contributed by atoms with Crippen molar-refractivity contribution in [1.29, 1.82) is 0 Å². The van der Waals surface area contributed by atoms with Crippen LogP contribution in [0.2, 0.25) is 0 Å². The summed E-state index contributed by atoms with van der Waals surface area (Å²) in [7, 11) is -3.19. The van der Waals surface area contributed by atoms with Crippen molar-refractivity contribution in [1.82, 2.24) is 4.90 Å². The Labute approximate surface area is 115 Å². The Morgan fingerprint density at radius 1 is 1.26 bits per heavy atom. The molecular weight excluding hydrogens is 262 g/mol. The predicted octanol–water partition coefficient (Wildman–Crippen LogP) is 1.16. The van der Waals surface area contributed by atoms with Crippen LogP contribution in [0.1, 0.15) is 12.8 Å². The van der Waals surface area contributed by atoms with Gasteiger partial charge < -0.3 is 10.0 Å². The Balaban J connectivity index is 1.91. The van der Waals surface area contributed by atoms with Gasteiger partial charge in [-0.25, -0.2) is 8.42 Å². The Morgan fingerprint density at radius 3 is 2.68 bits per heavy atom. The number of aliphatic hydroxyl groups excluding tert-OH is 1. The fraction of sp³-hybridized carbons (Fsp3) is 0.571. The summed E-state index contributed by atoms with van der Waals surface area (Å²) in [5.74, 6) is 0.447. The molecule has 4 nitrogen and oxygen atoms in total. The standard InChI is InChI=1S/C14H21NO3S/c16-12-13-5-4-8-15(11-13)9-10-19(17,18)14-6-2-1-3-7-14/h1-3,6-7,13,16H,4-5,8-12H2. The molecule has 1 aliphatic heterocycles. The number of piperidine rings is 1. The molecular formula is C14H21NO3S. The number of rotatable bonds is 5. The molecule has 5 heteroatoms. The van der Waals surface area contributed by atoms with Crippen molar-refractivity contribution in [2.45, 2.75) is 17.7 Å². The van der Waals surface area contributed by atoms with E-state index in [1.165, 1.54) is 0 Å². The maximum absolute atomic E-state index is 12.1. The fourth-order valence-electron chi connectivity index (χ4n) is 2.50. The minimum Gasteiger partial charge on any atom is -0.396 e. The summed E-state index contributed by atoms with van der Waals surface area (Å²) in [6.07, 6.45) is 2.08. The van der Waals surface area contributed by atoms with Gasteiger partial charge in [0.2, 0.25) is 0 Å². The summed E-state index contributed by atoms with van der Waals surface area (Å²) in [4.78, 5) is 2.54. The Kier molecular flexibility index (Phi) is 4.96. The summed E-state index contributed by atoms with van der Waals surface area (Å²) < 4.78 is 24.3. The third-order valence-electron chi connectivity index (χ3n) is 3.64. The van der Waals surface area contributed by atoms with E-state index in [0.29, 0.717) is 17.4 Å². The quantitative estimate of drug-likeness (QED) is 0.881. The summed E-state index contributed by atoms with van der Waals surface area (Å²) in [5.41, 5.74) is 0. The van der Waals surface area contributed by atoms with E-state index in [4.69, 9.17) is 5.11 Å². The van der Waals surface area contributed by atoms with Crippen molar-refractivity contribution in [2.24, 2.45) is 5.92 Å². The number of sulfone groups is 1. The zero-order valence-corrected chi connectivity index (χ0v) is 11.8. The zero-order chi connectivity index (χ0) is 13.7. The first kappa shape index (κ1) is 14.5. The lowest BCUT2D eigenvalue weighted by molar-refractivity contribution is 0.125. The number of aliphatic hydroxyl groups is 1. The second kappa shape index (κ2) is 6.50. The number of nitrogens with zero attached hydrogens (tertiary/aromatic N) is 1. The van der Waals surface area contributed by atoms with Gasteiger partial charge in [-0.1, -0.05) is 18.2 Å². The molecule has 0 radical (unpaired) electrons. The molecule has 1 aromatic carbocycles. The summed E-state index contributed by atoms with van der Waals surface area (Å²) in [5, 5.41) is 9.17. The molecule has 0 aliphatic carbocycles. The van der Waals surface area contributed by atoms with Gasteiger partial charge in [-0.05, 0) is 37.4 Å². The molecule has 1 saturated heterocycles. The summed E-state index contributed by atoms with van der Waals surface area (Å²) in [6.45, 7) is 2.48. The van der Waals surface area contributed by atoms with Gasteiger partial charge in [0.25, 0.3) is 0 Å². The molecule has 2 rings (SSSR count). The molecule has 19 heavy (non-hydrogen) atoms. The van der Waals surface area contributed by atoms with E-state index in [1.807, 2.05) is 6.07 Å². The molecule has 106 valence electrons. The highest BCUT2D eigenvalue weighted by molar-refractivity contribution is 7.91. The smallest absolute Gasteiger partial charge is 0.179 e. The first-order valence-corrected chi connectivity index (χ1v) is 8.38. The van der Waals surface area contributed by atoms with E-state index in [2.05, 4.69) is 4.90 Å². The van der Waals surface area contributed by atoms with E-state index in [1.54, 1.807) is 24.3 Å². The molecule has 1 fully saturated rings. The normalized spacial score (nSPS) is 21.4. The largest absolute Gasteiger partial charge is 0.396 e. The molecule has 0 saturated carbocycles. The van der Waals surface area contributed by atoms with Gasteiger partial charge >= 0.3 is 0 Å². The predicted molar refractivity (Wildman–Crippen MR) is 74.7 cm³/mol. The van der Waals surface area contributed by atoms with Crippen LogP contribution >= 0.6 is 0 Å². The highest BCUT2D eigenvalue weighted by Crippen LogP contribution is 2.16. The van der Waals surface area contributed by atoms with Crippen molar-refractivity contribution in [3.05, 3.63) is 30.3 Å². The van der Waals surface area contributed by atoms with Crippen LogP contribution in [-0.4, -0.2) is 50.4 Å². The van der Waals surface area contributed by atoms with Gasteiger partial charge in [-0.15, -0.1) is 0 Å². The molecule has 1 aliphatic rings. The third kappa shape index (κ3) is 4.03. The molecule has 1 unspecified atom stereocenters. The van der Waals surface area contributed by atoms with Gasteiger partial charge in [-0.3, -0.25) is 0 Å². The minimum atomic E-state index is -3.19. The Morgan fingerprint density at radius 2 is 2.00 bits per heavy atom. The minimum absolute atomic E-state index is 0.148. The maximum atomic E-state index is 12.1. The van der Waals surface area contributed by atoms with Crippen LogP contribution in [0.3, 0.4) is 0 Å². The third-order valence-corrected chi connectivity index (χ3v) is 5.35. The van der Waals surface area contributed by atoms with E-state index >= 15 is 0 Å². The second-order valence-corrected chi connectivity index (χ2v) is 7.23. The van der Waals surface area contributed by atoms with Crippen LogP contribution in [0.5, 0.6) is 0 Å². The maximum Gasteiger partial charge on any atom is 0.179 e. The zero-order valence-electron chi connectivity index (χ0n) is 11.0. The van der Waals surface area contributed by atoms with Crippen molar-refractivity contribution in [3.63, 3.8) is 0 Å². The first-order chi connectivity index (χ1) is 9.12. The van der Waals surface area contributed by atoms with Crippen LogP contribution in [0.15, 0.2) is 35.2 Å². The monoisotopic (exact) mass is 283 g/mol. The van der Waals surface area contributed by atoms with Crippen molar-refractivity contribution in [3.8, 4) is 0 Å². The lowest BCUT2D eigenvalue weighted by atomic mass is 9.99. The number of likely N-dealkylation sites (tertiary alicyclic amines) is 1. The van der Waals surface area contributed by atoms with Gasteiger partial charge in [-0.2, -0.15) is 0 Å². The first-order valence-electron chi connectivity index (χ1n) is 6.73. The molecule has 0 bridgehead atoms. The number of benzene rings is 1. The molecule has 1 aromatic rings. The van der Waals surface area contributed by atoms with E-state index in [0.717, 1.165) is 25.9 Å². The van der Waals surface area contributed by atoms with Crippen LogP contribution in [-0.2, 0) is 9.84 Å². The Hall–Kier alpha value is -0.910. The van der Waals surface area contributed by atoms with Crippen molar-refractivity contribution in [2.75, 3.05) is 32.0 Å². The average molecular weight is 283 g/mol. The van der Waals surface area contributed by atoms with Crippen molar-refractivity contribution >= 4 is 9.84 Å². The molecule has 1 heterocycles. The average Bonchev–Trinajstić information content (AvgIpc) is 2.46. The lowest BCUT2D eigenvalue weighted by Gasteiger charge is -2.31. The molecule has 0 spiro atoms. The van der Waals surface area contributed by atoms with E-state index in [9.17, 15) is 8.42 Å².